The predicted octanol–water partition coefficient (Wildman–Crippen LogP) is 1.54. The molecule has 1 rings (SSSR count). The Hall–Kier alpha value is -1.26. The number of carbonyl (C=O) groups is 2. The molecule has 0 bridgehead atoms. The molecule has 0 radical (unpaired) electrons. The number of rotatable bonds is 5. The van der Waals surface area contributed by atoms with Crippen molar-refractivity contribution >= 4 is 12.0 Å². The number of hydrogen-bond donors (Lipinski definition) is 2. The summed E-state index contributed by atoms with van der Waals surface area (Å²) in [6, 6.07) is 0.0698. The Morgan fingerprint density at radius 1 is 1.53 bits per heavy atom. The van der Waals surface area contributed by atoms with Crippen LogP contribution in [-0.2, 0) is 4.79 Å². The van der Waals surface area contributed by atoms with Gasteiger partial charge in [0.1, 0.15) is 0 Å². The van der Waals surface area contributed by atoms with Crippen LogP contribution < -0.4 is 5.32 Å². The Kier molecular flexibility index (Phi) is 4.01. The van der Waals surface area contributed by atoms with Crippen LogP contribution in [0.1, 0.15) is 34.1 Å². The fraction of sp³-hybridized carbons (Fsp3) is 0.833. The van der Waals surface area contributed by atoms with Gasteiger partial charge in [-0.25, -0.2) is 4.79 Å². The van der Waals surface area contributed by atoms with E-state index in [1.807, 2.05) is 6.92 Å². The second-order valence-corrected chi connectivity index (χ2v) is 5.47. The van der Waals surface area contributed by atoms with Crippen LogP contribution in [0.3, 0.4) is 0 Å². The number of aliphatic carboxylic acids is 1. The number of carbonyl (C=O) groups excluding carboxylic acids is 1. The second-order valence-electron chi connectivity index (χ2n) is 5.47. The third-order valence-electron chi connectivity index (χ3n) is 3.40. The van der Waals surface area contributed by atoms with Gasteiger partial charge in [0, 0.05) is 19.1 Å². The highest BCUT2D eigenvalue weighted by Crippen LogP contribution is 2.44. The summed E-state index contributed by atoms with van der Waals surface area (Å²) in [5.41, 5.74) is 0.188. The van der Waals surface area contributed by atoms with Gasteiger partial charge in [-0.15, -0.1) is 0 Å². The minimum atomic E-state index is -0.872. The van der Waals surface area contributed by atoms with Gasteiger partial charge in [0.15, 0.2) is 0 Å². The highest BCUT2D eigenvalue weighted by molar-refractivity contribution is 5.76. The summed E-state index contributed by atoms with van der Waals surface area (Å²) in [7, 11) is 0. The molecule has 1 saturated carbocycles. The molecule has 0 aromatic rings. The van der Waals surface area contributed by atoms with E-state index >= 15 is 0 Å². The SMILES string of the molecule is CCN(CC(C)C(=O)O)C(=O)NC1CC1(C)C. The Labute approximate surface area is 102 Å². The van der Waals surface area contributed by atoms with Gasteiger partial charge in [-0.1, -0.05) is 20.8 Å². The molecule has 0 heterocycles. The molecule has 2 amide bonds. The molecule has 1 aliphatic carbocycles. The first-order chi connectivity index (χ1) is 7.77. The average Bonchev–Trinajstić information content (AvgIpc) is 2.81. The second kappa shape index (κ2) is 4.94. The van der Waals surface area contributed by atoms with E-state index in [0.717, 1.165) is 6.42 Å². The lowest BCUT2D eigenvalue weighted by Gasteiger charge is -2.23. The average molecular weight is 242 g/mol. The third kappa shape index (κ3) is 3.61. The number of nitrogens with one attached hydrogen (secondary N) is 1. The molecule has 5 heteroatoms. The van der Waals surface area contributed by atoms with E-state index in [0.29, 0.717) is 6.54 Å². The molecule has 98 valence electrons. The van der Waals surface area contributed by atoms with E-state index in [2.05, 4.69) is 19.2 Å². The van der Waals surface area contributed by atoms with Gasteiger partial charge in [0.2, 0.25) is 0 Å². The van der Waals surface area contributed by atoms with E-state index in [1.54, 1.807) is 11.8 Å². The van der Waals surface area contributed by atoms with Crippen molar-refractivity contribution in [3.05, 3.63) is 0 Å². The smallest absolute Gasteiger partial charge is 0.317 e. The maximum absolute atomic E-state index is 11.9. The van der Waals surface area contributed by atoms with E-state index in [4.69, 9.17) is 5.11 Å². The fourth-order valence-corrected chi connectivity index (χ4v) is 1.72. The van der Waals surface area contributed by atoms with Crippen molar-refractivity contribution in [3.63, 3.8) is 0 Å². The summed E-state index contributed by atoms with van der Waals surface area (Å²) < 4.78 is 0. The van der Waals surface area contributed by atoms with E-state index < -0.39 is 11.9 Å². The van der Waals surface area contributed by atoms with Crippen molar-refractivity contribution in [2.24, 2.45) is 11.3 Å². The van der Waals surface area contributed by atoms with Gasteiger partial charge >= 0.3 is 12.0 Å². The van der Waals surface area contributed by atoms with Crippen LogP contribution >= 0.6 is 0 Å². The third-order valence-corrected chi connectivity index (χ3v) is 3.40. The molecule has 0 spiro atoms. The lowest BCUT2D eigenvalue weighted by atomic mass is 10.1. The van der Waals surface area contributed by atoms with Gasteiger partial charge in [0.05, 0.1) is 5.92 Å². The monoisotopic (exact) mass is 242 g/mol. The number of carboxylic acid groups (broad SMARTS) is 1. The zero-order chi connectivity index (χ0) is 13.2. The van der Waals surface area contributed by atoms with Gasteiger partial charge in [-0.05, 0) is 18.8 Å². The maximum Gasteiger partial charge on any atom is 0.317 e. The Morgan fingerprint density at radius 2 is 2.06 bits per heavy atom. The number of amides is 2. The summed E-state index contributed by atoms with van der Waals surface area (Å²) >= 11 is 0. The van der Waals surface area contributed by atoms with Crippen LogP contribution in [0.15, 0.2) is 0 Å². The first-order valence-electron chi connectivity index (χ1n) is 6.06. The maximum atomic E-state index is 11.9. The van der Waals surface area contributed by atoms with E-state index in [9.17, 15) is 9.59 Å². The van der Waals surface area contributed by atoms with Crippen molar-refractivity contribution in [1.29, 1.82) is 0 Å². The van der Waals surface area contributed by atoms with Crippen molar-refractivity contribution in [3.8, 4) is 0 Å². The lowest BCUT2D eigenvalue weighted by Crippen LogP contribution is -2.44. The van der Waals surface area contributed by atoms with Crippen molar-refractivity contribution in [2.45, 2.75) is 40.2 Å². The topological polar surface area (TPSA) is 69.6 Å². The number of carboxylic acids is 1. The molecule has 17 heavy (non-hydrogen) atoms. The first kappa shape index (κ1) is 13.8. The highest BCUT2D eigenvalue weighted by Gasteiger charge is 2.47. The molecule has 0 aromatic heterocycles. The molecule has 2 unspecified atom stereocenters. The minimum absolute atomic E-state index is 0.156. The normalized spacial score (nSPS) is 22.7. The summed E-state index contributed by atoms with van der Waals surface area (Å²) in [6.07, 6.45) is 0.991. The van der Waals surface area contributed by atoms with Crippen molar-refractivity contribution in [2.75, 3.05) is 13.1 Å². The molecule has 2 N–H and O–H groups in total. The van der Waals surface area contributed by atoms with Gasteiger partial charge in [-0.2, -0.15) is 0 Å². The molecule has 0 aliphatic heterocycles. The van der Waals surface area contributed by atoms with Gasteiger partial charge in [0.25, 0.3) is 0 Å². The van der Waals surface area contributed by atoms with Crippen LogP contribution in [0, 0.1) is 11.3 Å². The molecule has 0 saturated heterocycles. The quantitative estimate of drug-likeness (QED) is 0.768. The van der Waals surface area contributed by atoms with Crippen LogP contribution in [0.4, 0.5) is 4.79 Å². The molecule has 2 atom stereocenters. The standard InChI is InChI=1S/C12H22N2O3/c1-5-14(7-8(2)10(15)16)11(17)13-9-6-12(9,3)4/h8-9H,5-7H2,1-4H3,(H,13,17)(H,15,16). The van der Waals surface area contributed by atoms with E-state index in [-0.39, 0.29) is 24.0 Å². The lowest BCUT2D eigenvalue weighted by molar-refractivity contribution is -0.141. The molecule has 1 fully saturated rings. The Bertz CT molecular complexity index is 315. The first-order valence-corrected chi connectivity index (χ1v) is 6.06. The van der Waals surface area contributed by atoms with Crippen LogP contribution in [0.25, 0.3) is 0 Å². The summed E-state index contributed by atoms with van der Waals surface area (Å²) in [4.78, 5) is 24.2. The van der Waals surface area contributed by atoms with Gasteiger partial charge < -0.3 is 15.3 Å². The zero-order valence-electron chi connectivity index (χ0n) is 11.0. The van der Waals surface area contributed by atoms with Crippen molar-refractivity contribution < 1.29 is 14.7 Å². The minimum Gasteiger partial charge on any atom is -0.481 e. The summed E-state index contributed by atoms with van der Waals surface area (Å²) in [6.45, 7) is 8.45. The fourth-order valence-electron chi connectivity index (χ4n) is 1.72. The Balaban J connectivity index is 2.44. The summed E-state index contributed by atoms with van der Waals surface area (Å²) in [5, 5.41) is 11.8. The van der Waals surface area contributed by atoms with Crippen LogP contribution in [0.5, 0.6) is 0 Å². The molecule has 5 nitrogen and oxygen atoms in total. The number of hydrogen-bond acceptors (Lipinski definition) is 2. The molecule has 0 aromatic carbocycles. The Morgan fingerprint density at radius 3 is 2.41 bits per heavy atom. The largest absolute Gasteiger partial charge is 0.481 e. The predicted molar refractivity (Wildman–Crippen MR) is 64.8 cm³/mol. The molecular formula is C12H22N2O3. The van der Waals surface area contributed by atoms with Gasteiger partial charge in [-0.3, -0.25) is 4.79 Å². The van der Waals surface area contributed by atoms with Crippen LogP contribution in [-0.4, -0.2) is 41.1 Å². The number of urea groups is 1. The highest BCUT2D eigenvalue weighted by atomic mass is 16.4. The van der Waals surface area contributed by atoms with Crippen molar-refractivity contribution in [1.82, 2.24) is 10.2 Å². The number of nitrogens with zero attached hydrogens (tertiary/aromatic N) is 1. The molecule has 1 aliphatic rings. The van der Waals surface area contributed by atoms with Crippen LogP contribution in [0.2, 0.25) is 0 Å². The van der Waals surface area contributed by atoms with E-state index in [1.165, 1.54) is 0 Å². The molecular weight excluding hydrogens is 220 g/mol. The summed E-state index contributed by atoms with van der Waals surface area (Å²) in [5.74, 6) is -1.41. The zero-order valence-corrected chi connectivity index (χ0v) is 11.0.